The summed E-state index contributed by atoms with van der Waals surface area (Å²) in [5.74, 6) is 0.986. The first-order valence-electron chi connectivity index (χ1n) is 8.18. The highest BCUT2D eigenvalue weighted by Gasteiger charge is 2.22. The summed E-state index contributed by atoms with van der Waals surface area (Å²) in [7, 11) is 1.66. The van der Waals surface area contributed by atoms with Gasteiger partial charge in [0.2, 0.25) is 0 Å². The molecule has 1 aliphatic heterocycles. The normalized spacial score (nSPS) is 17.2. The van der Waals surface area contributed by atoms with E-state index in [9.17, 15) is 4.79 Å². The minimum absolute atomic E-state index is 0.227. The number of hydrogen-bond acceptors (Lipinski definition) is 5. The van der Waals surface area contributed by atoms with E-state index in [4.69, 9.17) is 14.7 Å². The van der Waals surface area contributed by atoms with E-state index >= 15 is 0 Å². The molecule has 6 heteroatoms. The number of fused-ring (bicyclic) bond motifs is 1. The van der Waals surface area contributed by atoms with E-state index in [-0.39, 0.29) is 6.04 Å². The fraction of sp³-hybridized carbons (Fsp3) is 0.316. The molecule has 0 fully saturated rings. The molecule has 0 radical (unpaired) electrons. The molecular formula is C19H22N2O4. The summed E-state index contributed by atoms with van der Waals surface area (Å²) < 4.78 is 11.1. The van der Waals surface area contributed by atoms with Crippen LogP contribution in [0.4, 0.5) is 0 Å². The Morgan fingerprint density at radius 1 is 1.32 bits per heavy atom. The van der Waals surface area contributed by atoms with Gasteiger partial charge in [0.05, 0.1) is 7.11 Å². The van der Waals surface area contributed by atoms with Gasteiger partial charge in [-0.1, -0.05) is 18.2 Å². The molecule has 1 atom stereocenters. The van der Waals surface area contributed by atoms with Crippen molar-refractivity contribution in [2.24, 2.45) is 0 Å². The lowest BCUT2D eigenvalue weighted by Gasteiger charge is -2.26. The van der Waals surface area contributed by atoms with Crippen LogP contribution in [0, 0.1) is 0 Å². The largest absolute Gasteiger partial charge is 0.497 e. The molecule has 6 nitrogen and oxygen atoms in total. The smallest absolute Gasteiger partial charge is 0.274 e. The van der Waals surface area contributed by atoms with Gasteiger partial charge < -0.3 is 9.47 Å². The van der Waals surface area contributed by atoms with Crippen molar-refractivity contribution in [1.82, 2.24) is 10.4 Å². The molecule has 3 rings (SSSR count). The maximum Gasteiger partial charge on any atom is 0.274 e. The summed E-state index contributed by atoms with van der Waals surface area (Å²) in [6.45, 7) is 4.18. The van der Waals surface area contributed by atoms with E-state index in [0.29, 0.717) is 17.9 Å². The third-order valence-corrected chi connectivity index (χ3v) is 4.45. The van der Waals surface area contributed by atoms with Gasteiger partial charge in [-0.15, -0.1) is 0 Å². The van der Waals surface area contributed by atoms with Crippen LogP contribution in [0.1, 0.15) is 28.4 Å². The van der Waals surface area contributed by atoms with E-state index in [0.717, 1.165) is 24.4 Å². The van der Waals surface area contributed by atoms with Crippen LogP contribution in [-0.2, 0) is 13.1 Å². The standard InChI is InChI=1S/C19H22N2O4/c1-13-12-25-18-9-15(19(22)20-23)5-6-16(18)11-21(13)10-14-3-7-17(24-2)8-4-14/h3-9,13,23H,10-12H2,1-2H3,(H,20,22)/t13-/m1/s1. The Kier molecular flexibility index (Phi) is 5.21. The lowest BCUT2D eigenvalue weighted by atomic mass is 10.1. The zero-order valence-electron chi connectivity index (χ0n) is 14.4. The Morgan fingerprint density at radius 2 is 2.08 bits per heavy atom. The highest BCUT2D eigenvalue weighted by molar-refractivity contribution is 5.93. The van der Waals surface area contributed by atoms with Crippen molar-refractivity contribution < 1.29 is 19.5 Å². The van der Waals surface area contributed by atoms with Gasteiger partial charge in [0.25, 0.3) is 5.91 Å². The number of methoxy groups -OCH3 is 1. The average molecular weight is 342 g/mol. The topological polar surface area (TPSA) is 71.0 Å². The van der Waals surface area contributed by atoms with E-state index in [2.05, 4.69) is 24.0 Å². The molecule has 0 saturated heterocycles. The second kappa shape index (κ2) is 7.55. The van der Waals surface area contributed by atoms with Gasteiger partial charge in [0.1, 0.15) is 18.1 Å². The molecule has 132 valence electrons. The van der Waals surface area contributed by atoms with Crippen molar-refractivity contribution >= 4 is 5.91 Å². The number of amides is 1. The zero-order valence-corrected chi connectivity index (χ0v) is 14.4. The van der Waals surface area contributed by atoms with Crippen molar-refractivity contribution in [3.8, 4) is 11.5 Å². The number of benzene rings is 2. The van der Waals surface area contributed by atoms with E-state index in [1.165, 1.54) is 5.56 Å². The maximum absolute atomic E-state index is 11.6. The molecule has 0 saturated carbocycles. The fourth-order valence-electron chi connectivity index (χ4n) is 2.89. The molecule has 0 bridgehead atoms. The van der Waals surface area contributed by atoms with Gasteiger partial charge in [-0.05, 0) is 36.8 Å². The van der Waals surface area contributed by atoms with Crippen LogP contribution in [0.5, 0.6) is 11.5 Å². The quantitative estimate of drug-likeness (QED) is 0.660. The number of nitrogens with one attached hydrogen (secondary N) is 1. The van der Waals surface area contributed by atoms with E-state index < -0.39 is 5.91 Å². The number of hydroxylamine groups is 1. The third kappa shape index (κ3) is 3.92. The summed E-state index contributed by atoms with van der Waals surface area (Å²) in [5.41, 5.74) is 4.24. The highest BCUT2D eigenvalue weighted by Crippen LogP contribution is 2.27. The molecule has 0 spiro atoms. The van der Waals surface area contributed by atoms with Gasteiger partial charge >= 0.3 is 0 Å². The number of ether oxygens (including phenoxy) is 2. The van der Waals surface area contributed by atoms with Gasteiger partial charge in [0, 0.05) is 30.3 Å². The number of hydrogen-bond donors (Lipinski definition) is 2. The van der Waals surface area contributed by atoms with Crippen molar-refractivity contribution in [2.75, 3.05) is 13.7 Å². The molecule has 1 heterocycles. The van der Waals surface area contributed by atoms with Crippen molar-refractivity contribution in [3.63, 3.8) is 0 Å². The highest BCUT2D eigenvalue weighted by atomic mass is 16.5. The molecule has 2 aromatic rings. The molecule has 0 aromatic heterocycles. The molecule has 0 aliphatic carbocycles. The summed E-state index contributed by atoms with van der Waals surface area (Å²) in [4.78, 5) is 13.9. The van der Waals surface area contributed by atoms with Crippen LogP contribution >= 0.6 is 0 Å². The van der Waals surface area contributed by atoms with Gasteiger partial charge in [-0.25, -0.2) is 5.48 Å². The molecule has 1 aliphatic rings. The zero-order chi connectivity index (χ0) is 17.8. The predicted molar refractivity (Wildman–Crippen MR) is 92.9 cm³/mol. The van der Waals surface area contributed by atoms with Crippen LogP contribution < -0.4 is 15.0 Å². The van der Waals surface area contributed by atoms with Crippen LogP contribution in [0.25, 0.3) is 0 Å². The molecule has 1 amide bonds. The number of rotatable bonds is 4. The number of carbonyl (C=O) groups is 1. The Labute approximate surface area is 146 Å². The second-order valence-electron chi connectivity index (χ2n) is 6.18. The third-order valence-electron chi connectivity index (χ3n) is 4.45. The first-order valence-corrected chi connectivity index (χ1v) is 8.18. The minimum atomic E-state index is -0.543. The Bertz CT molecular complexity index is 746. The predicted octanol–water partition coefficient (Wildman–Crippen LogP) is 2.60. The van der Waals surface area contributed by atoms with Crippen LogP contribution in [0.15, 0.2) is 42.5 Å². The van der Waals surface area contributed by atoms with Crippen molar-refractivity contribution in [2.45, 2.75) is 26.1 Å². The molecule has 0 unspecified atom stereocenters. The van der Waals surface area contributed by atoms with Crippen LogP contribution in [0.2, 0.25) is 0 Å². The van der Waals surface area contributed by atoms with Crippen molar-refractivity contribution in [1.29, 1.82) is 0 Å². The molecular weight excluding hydrogens is 320 g/mol. The van der Waals surface area contributed by atoms with Crippen LogP contribution in [0.3, 0.4) is 0 Å². The van der Waals surface area contributed by atoms with Gasteiger partial charge in [0.15, 0.2) is 0 Å². The summed E-state index contributed by atoms with van der Waals surface area (Å²) in [6.07, 6.45) is 0. The maximum atomic E-state index is 11.6. The summed E-state index contributed by atoms with van der Waals surface area (Å²) in [5, 5.41) is 8.78. The average Bonchev–Trinajstić information content (AvgIpc) is 2.80. The Balaban J connectivity index is 1.78. The first-order chi connectivity index (χ1) is 12.1. The van der Waals surface area contributed by atoms with Crippen LogP contribution in [-0.4, -0.2) is 35.8 Å². The van der Waals surface area contributed by atoms with Gasteiger partial charge in [-0.2, -0.15) is 0 Å². The number of carbonyl (C=O) groups excluding carboxylic acids is 1. The summed E-state index contributed by atoms with van der Waals surface area (Å²) >= 11 is 0. The first kappa shape index (κ1) is 17.3. The van der Waals surface area contributed by atoms with Crippen molar-refractivity contribution in [3.05, 3.63) is 59.2 Å². The Morgan fingerprint density at radius 3 is 2.76 bits per heavy atom. The molecule has 2 N–H and O–H groups in total. The minimum Gasteiger partial charge on any atom is -0.497 e. The van der Waals surface area contributed by atoms with E-state index in [1.807, 2.05) is 18.2 Å². The number of nitrogens with zero attached hydrogens (tertiary/aromatic N) is 1. The SMILES string of the molecule is COc1ccc(CN2Cc3ccc(C(=O)NO)cc3OC[C@H]2C)cc1. The fourth-order valence-corrected chi connectivity index (χ4v) is 2.89. The lowest BCUT2D eigenvalue weighted by Crippen LogP contribution is -2.34. The molecule has 25 heavy (non-hydrogen) atoms. The monoisotopic (exact) mass is 342 g/mol. The van der Waals surface area contributed by atoms with E-state index in [1.54, 1.807) is 24.7 Å². The molecule has 2 aromatic carbocycles. The second-order valence-corrected chi connectivity index (χ2v) is 6.18. The summed E-state index contributed by atoms with van der Waals surface area (Å²) in [6, 6.07) is 13.5. The Hall–Kier alpha value is -2.57. The van der Waals surface area contributed by atoms with Gasteiger partial charge in [-0.3, -0.25) is 14.9 Å². The lowest BCUT2D eigenvalue weighted by molar-refractivity contribution is 0.0706.